The quantitative estimate of drug-likeness (QED) is 0.851. The Morgan fingerprint density at radius 2 is 2.00 bits per heavy atom. The minimum absolute atomic E-state index is 0.556. The van der Waals surface area contributed by atoms with Crippen molar-refractivity contribution in [2.75, 3.05) is 5.32 Å². The number of nitrogens with one attached hydrogen (secondary N) is 1. The predicted molar refractivity (Wildman–Crippen MR) is 71.1 cm³/mol. The van der Waals surface area contributed by atoms with E-state index in [0.29, 0.717) is 6.04 Å². The first kappa shape index (κ1) is 12.3. The molecule has 2 rings (SSSR count). The molecule has 1 heterocycles. The lowest BCUT2D eigenvalue weighted by Crippen LogP contribution is -2.33. The molecule has 3 atom stereocenters. The molecule has 1 aromatic rings. The molecule has 0 amide bonds. The van der Waals surface area contributed by atoms with E-state index in [-0.39, 0.29) is 0 Å². The average Bonchev–Trinajstić information content (AvgIpc) is 2.27. The van der Waals surface area contributed by atoms with E-state index < -0.39 is 0 Å². The molecule has 0 aromatic carbocycles. The van der Waals surface area contributed by atoms with Gasteiger partial charge in [-0.1, -0.05) is 13.8 Å². The van der Waals surface area contributed by atoms with E-state index >= 15 is 0 Å². The largest absolute Gasteiger partial charge is 0.366 e. The van der Waals surface area contributed by atoms with Gasteiger partial charge in [-0.15, -0.1) is 0 Å². The standard InChI is InChI=1S/C14H23N3/c1-9-5-6-13(10(2)7-9)17-14-12(4)15-8-11(3)16-14/h8-10,13H,5-7H2,1-4H3,(H,16,17). The third kappa shape index (κ3) is 2.96. The Hall–Kier alpha value is -1.12. The lowest BCUT2D eigenvalue weighted by molar-refractivity contribution is 0.276. The highest BCUT2D eigenvalue weighted by Crippen LogP contribution is 2.30. The molecule has 0 radical (unpaired) electrons. The minimum Gasteiger partial charge on any atom is -0.366 e. The number of rotatable bonds is 2. The van der Waals surface area contributed by atoms with Gasteiger partial charge in [0, 0.05) is 12.2 Å². The van der Waals surface area contributed by atoms with Crippen molar-refractivity contribution in [2.45, 2.75) is 53.0 Å². The molecule has 1 fully saturated rings. The summed E-state index contributed by atoms with van der Waals surface area (Å²) in [6, 6.07) is 0.556. The van der Waals surface area contributed by atoms with Gasteiger partial charge in [-0.25, -0.2) is 4.98 Å². The summed E-state index contributed by atoms with van der Waals surface area (Å²) in [5, 5.41) is 3.59. The van der Waals surface area contributed by atoms with Gasteiger partial charge in [0.1, 0.15) is 5.82 Å². The van der Waals surface area contributed by atoms with Crippen molar-refractivity contribution in [3.63, 3.8) is 0 Å². The Bertz CT molecular complexity index is 389. The normalized spacial score (nSPS) is 29.1. The highest BCUT2D eigenvalue weighted by molar-refractivity contribution is 5.40. The fourth-order valence-electron chi connectivity index (χ4n) is 2.73. The van der Waals surface area contributed by atoms with Crippen molar-refractivity contribution in [3.8, 4) is 0 Å². The summed E-state index contributed by atoms with van der Waals surface area (Å²) >= 11 is 0. The summed E-state index contributed by atoms with van der Waals surface area (Å²) in [5.41, 5.74) is 1.98. The summed E-state index contributed by atoms with van der Waals surface area (Å²) < 4.78 is 0. The predicted octanol–water partition coefficient (Wildman–Crippen LogP) is 3.33. The fourth-order valence-corrected chi connectivity index (χ4v) is 2.73. The van der Waals surface area contributed by atoms with Crippen molar-refractivity contribution < 1.29 is 0 Å². The number of nitrogens with zero attached hydrogens (tertiary/aromatic N) is 2. The summed E-state index contributed by atoms with van der Waals surface area (Å²) in [4.78, 5) is 8.91. The summed E-state index contributed by atoms with van der Waals surface area (Å²) in [6.45, 7) is 8.70. The molecule has 0 saturated heterocycles. The number of anilines is 1. The van der Waals surface area contributed by atoms with Crippen LogP contribution in [0, 0.1) is 25.7 Å². The van der Waals surface area contributed by atoms with Crippen LogP contribution in [0.3, 0.4) is 0 Å². The van der Waals surface area contributed by atoms with E-state index in [1.807, 2.05) is 20.0 Å². The summed E-state index contributed by atoms with van der Waals surface area (Å²) in [5.74, 6) is 2.56. The third-order valence-electron chi connectivity index (χ3n) is 3.83. The van der Waals surface area contributed by atoms with Gasteiger partial charge in [0.15, 0.2) is 0 Å². The van der Waals surface area contributed by atoms with Gasteiger partial charge in [-0.2, -0.15) is 0 Å². The second-order valence-corrected chi connectivity index (χ2v) is 5.59. The summed E-state index contributed by atoms with van der Waals surface area (Å²) in [7, 11) is 0. The zero-order chi connectivity index (χ0) is 12.4. The monoisotopic (exact) mass is 233 g/mol. The van der Waals surface area contributed by atoms with Crippen LogP contribution in [0.15, 0.2) is 6.20 Å². The first-order valence-electron chi connectivity index (χ1n) is 6.63. The molecule has 1 N–H and O–H groups in total. The number of hydrogen-bond acceptors (Lipinski definition) is 3. The van der Waals surface area contributed by atoms with E-state index in [4.69, 9.17) is 0 Å². The maximum Gasteiger partial charge on any atom is 0.147 e. The smallest absolute Gasteiger partial charge is 0.147 e. The molecule has 1 aliphatic rings. The molecule has 3 unspecified atom stereocenters. The Morgan fingerprint density at radius 1 is 1.24 bits per heavy atom. The Morgan fingerprint density at radius 3 is 2.71 bits per heavy atom. The molecule has 0 aliphatic heterocycles. The van der Waals surface area contributed by atoms with E-state index in [9.17, 15) is 0 Å². The van der Waals surface area contributed by atoms with Crippen LogP contribution < -0.4 is 5.32 Å². The lowest BCUT2D eigenvalue weighted by Gasteiger charge is -2.33. The fraction of sp³-hybridized carbons (Fsp3) is 0.714. The second-order valence-electron chi connectivity index (χ2n) is 5.59. The van der Waals surface area contributed by atoms with Crippen LogP contribution >= 0.6 is 0 Å². The van der Waals surface area contributed by atoms with Gasteiger partial charge in [-0.05, 0) is 44.9 Å². The van der Waals surface area contributed by atoms with Crippen LogP contribution in [-0.2, 0) is 0 Å². The maximum absolute atomic E-state index is 4.55. The molecule has 1 saturated carbocycles. The molecule has 0 bridgehead atoms. The van der Waals surface area contributed by atoms with E-state index in [0.717, 1.165) is 29.0 Å². The van der Waals surface area contributed by atoms with Crippen molar-refractivity contribution in [1.29, 1.82) is 0 Å². The zero-order valence-corrected chi connectivity index (χ0v) is 11.3. The van der Waals surface area contributed by atoms with Gasteiger partial charge >= 0.3 is 0 Å². The van der Waals surface area contributed by atoms with Crippen molar-refractivity contribution in [2.24, 2.45) is 11.8 Å². The van der Waals surface area contributed by atoms with Crippen molar-refractivity contribution >= 4 is 5.82 Å². The topological polar surface area (TPSA) is 37.8 Å². The molecule has 1 aliphatic carbocycles. The van der Waals surface area contributed by atoms with Crippen LogP contribution in [0.4, 0.5) is 5.82 Å². The zero-order valence-electron chi connectivity index (χ0n) is 11.3. The number of hydrogen-bond donors (Lipinski definition) is 1. The Kier molecular flexibility index (Phi) is 3.65. The maximum atomic E-state index is 4.55. The van der Waals surface area contributed by atoms with Gasteiger partial charge < -0.3 is 5.32 Å². The molecule has 1 aromatic heterocycles. The molecule has 94 valence electrons. The van der Waals surface area contributed by atoms with Crippen LogP contribution in [0.1, 0.15) is 44.5 Å². The average molecular weight is 233 g/mol. The van der Waals surface area contributed by atoms with Gasteiger partial charge in [0.05, 0.1) is 11.4 Å². The van der Waals surface area contributed by atoms with Crippen LogP contribution in [0.2, 0.25) is 0 Å². The van der Waals surface area contributed by atoms with E-state index in [2.05, 4.69) is 29.1 Å². The minimum atomic E-state index is 0.556. The molecule has 17 heavy (non-hydrogen) atoms. The highest BCUT2D eigenvalue weighted by atomic mass is 15.0. The molecule has 3 heteroatoms. The van der Waals surface area contributed by atoms with Gasteiger partial charge in [-0.3, -0.25) is 4.98 Å². The van der Waals surface area contributed by atoms with Crippen LogP contribution in [-0.4, -0.2) is 16.0 Å². The molecule has 0 spiro atoms. The summed E-state index contributed by atoms with van der Waals surface area (Å²) in [6.07, 6.45) is 5.71. The Balaban J connectivity index is 2.07. The second kappa shape index (κ2) is 5.03. The number of aryl methyl sites for hydroxylation is 2. The van der Waals surface area contributed by atoms with Crippen molar-refractivity contribution in [1.82, 2.24) is 9.97 Å². The first-order chi connectivity index (χ1) is 8.06. The van der Waals surface area contributed by atoms with E-state index in [1.54, 1.807) is 0 Å². The van der Waals surface area contributed by atoms with Crippen molar-refractivity contribution in [3.05, 3.63) is 17.6 Å². The van der Waals surface area contributed by atoms with Gasteiger partial charge in [0.2, 0.25) is 0 Å². The molecular weight excluding hydrogens is 210 g/mol. The molecule has 3 nitrogen and oxygen atoms in total. The first-order valence-corrected chi connectivity index (χ1v) is 6.63. The third-order valence-corrected chi connectivity index (χ3v) is 3.83. The number of aromatic nitrogens is 2. The SMILES string of the molecule is Cc1cnc(C)c(NC2CCC(C)CC2C)n1. The van der Waals surface area contributed by atoms with Gasteiger partial charge in [0.25, 0.3) is 0 Å². The highest BCUT2D eigenvalue weighted by Gasteiger charge is 2.25. The molecular formula is C14H23N3. The van der Waals surface area contributed by atoms with Crippen LogP contribution in [0.5, 0.6) is 0 Å². The van der Waals surface area contributed by atoms with E-state index in [1.165, 1.54) is 19.3 Å². The Labute approximate surface area is 104 Å². The lowest BCUT2D eigenvalue weighted by atomic mass is 9.80. The van der Waals surface area contributed by atoms with Crippen LogP contribution in [0.25, 0.3) is 0 Å².